The number of hydrogen-bond acceptors (Lipinski definition) is 3. The Kier molecular flexibility index (Phi) is 3.01. The number of halogens is 1. The Morgan fingerprint density at radius 1 is 1.29 bits per heavy atom. The van der Waals surface area contributed by atoms with E-state index >= 15 is 0 Å². The second-order valence-corrected chi connectivity index (χ2v) is 3.74. The molecule has 0 unspecified atom stereocenters. The number of rotatable bonds is 2. The van der Waals surface area contributed by atoms with Gasteiger partial charge in [0, 0.05) is 6.20 Å². The van der Waals surface area contributed by atoms with E-state index in [0.29, 0.717) is 21.9 Å². The Morgan fingerprint density at radius 3 is 2.65 bits per heavy atom. The molecule has 0 amide bonds. The highest BCUT2D eigenvalue weighted by Crippen LogP contribution is 2.28. The van der Waals surface area contributed by atoms with E-state index in [1.807, 2.05) is 0 Å². The number of hydrogen-bond donors (Lipinski definition) is 2. The fourth-order valence-corrected chi connectivity index (χ4v) is 1.72. The number of ether oxygens (including phenoxy) is 1. The van der Waals surface area contributed by atoms with Crippen LogP contribution in [0.1, 0.15) is 0 Å². The Morgan fingerprint density at radius 2 is 2.06 bits per heavy atom. The van der Waals surface area contributed by atoms with Crippen molar-refractivity contribution in [1.29, 1.82) is 0 Å². The SMILES string of the molecule is COc1ccc(-c2c[nH]c(=O)[nH]c2=O)cc1Cl. The number of benzene rings is 1. The van der Waals surface area contributed by atoms with Gasteiger partial charge in [-0.25, -0.2) is 4.79 Å². The third kappa shape index (κ3) is 2.24. The molecule has 0 saturated carbocycles. The molecule has 0 aliphatic rings. The predicted octanol–water partition coefficient (Wildman–Crippen LogP) is 1.39. The Balaban J connectivity index is 2.57. The molecule has 0 radical (unpaired) electrons. The van der Waals surface area contributed by atoms with E-state index in [2.05, 4.69) is 9.97 Å². The summed E-state index contributed by atoms with van der Waals surface area (Å²) >= 11 is 5.95. The van der Waals surface area contributed by atoms with Crippen LogP contribution in [0.4, 0.5) is 0 Å². The number of aromatic amines is 2. The van der Waals surface area contributed by atoms with E-state index in [1.54, 1.807) is 18.2 Å². The van der Waals surface area contributed by atoms with Crippen LogP contribution < -0.4 is 16.0 Å². The molecular formula is C11H9ClN2O3. The maximum absolute atomic E-state index is 11.6. The lowest BCUT2D eigenvalue weighted by atomic mass is 10.1. The largest absolute Gasteiger partial charge is 0.495 e. The van der Waals surface area contributed by atoms with E-state index in [0.717, 1.165) is 0 Å². The van der Waals surface area contributed by atoms with Crippen LogP contribution in [0.3, 0.4) is 0 Å². The van der Waals surface area contributed by atoms with Crippen LogP contribution >= 0.6 is 11.6 Å². The number of H-pyrrole nitrogens is 2. The highest BCUT2D eigenvalue weighted by molar-refractivity contribution is 6.32. The molecule has 1 aromatic heterocycles. The van der Waals surface area contributed by atoms with E-state index in [-0.39, 0.29) is 0 Å². The monoisotopic (exact) mass is 252 g/mol. The minimum Gasteiger partial charge on any atom is -0.495 e. The van der Waals surface area contributed by atoms with Crippen LogP contribution in [-0.4, -0.2) is 17.1 Å². The van der Waals surface area contributed by atoms with Crippen LogP contribution in [0, 0.1) is 0 Å². The average Bonchev–Trinajstić information content (AvgIpc) is 2.29. The third-order valence-corrected chi connectivity index (χ3v) is 2.58. The molecule has 0 bridgehead atoms. The molecular weight excluding hydrogens is 244 g/mol. The van der Waals surface area contributed by atoms with E-state index in [4.69, 9.17) is 16.3 Å². The maximum atomic E-state index is 11.6. The summed E-state index contributed by atoms with van der Waals surface area (Å²) in [6, 6.07) is 4.94. The summed E-state index contributed by atoms with van der Waals surface area (Å²) < 4.78 is 5.01. The lowest BCUT2D eigenvalue weighted by molar-refractivity contribution is 0.415. The zero-order valence-corrected chi connectivity index (χ0v) is 9.67. The summed E-state index contributed by atoms with van der Waals surface area (Å²) in [5, 5.41) is 0.399. The second-order valence-electron chi connectivity index (χ2n) is 3.33. The van der Waals surface area contributed by atoms with Crippen molar-refractivity contribution in [1.82, 2.24) is 9.97 Å². The predicted molar refractivity (Wildman–Crippen MR) is 64.7 cm³/mol. The summed E-state index contributed by atoms with van der Waals surface area (Å²) in [5.41, 5.74) is -0.0594. The molecule has 17 heavy (non-hydrogen) atoms. The van der Waals surface area contributed by atoms with Gasteiger partial charge in [-0.15, -0.1) is 0 Å². The summed E-state index contributed by atoms with van der Waals surface area (Å²) in [4.78, 5) is 27.0. The molecule has 6 heteroatoms. The molecule has 5 nitrogen and oxygen atoms in total. The first-order valence-electron chi connectivity index (χ1n) is 4.77. The van der Waals surface area contributed by atoms with Crippen LogP contribution in [0.5, 0.6) is 5.75 Å². The van der Waals surface area contributed by atoms with Gasteiger partial charge in [-0.3, -0.25) is 9.78 Å². The average molecular weight is 253 g/mol. The van der Waals surface area contributed by atoms with Gasteiger partial charge >= 0.3 is 5.69 Å². The summed E-state index contributed by atoms with van der Waals surface area (Å²) in [6.45, 7) is 0. The Hall–Kier alpha value is -2.01. The lowest BCUT2D eigenvalue weighted by Gasteiger charge is -2.05. The van der Waals surface area contributed by atoms with Crippen molar-refractivity contribution in [2.45, 2.75) is 0 Å². The van der Waals surface area contributed by atoms with Gasteiger partial charge in [0.1, 0.15) is 5.75 Å². The van der Waals surface area contributed by atoms with Gasteiger partial charge in [-0.1, -0.05) is 17.7 Å². The minimum atomic E-state index is -0.543. The van der Waals surface area contributed by atoms with Gasteiger partial charge in [0.15, 0.2) is 0 Å². The van der Waals surface area contributed by atoms with E-state index in [1.165, 1.54) is 13.3 Å². The molecule has 0 saturated heterocycles. The van der Waals surface area contributed by atoms with Gasteiger partial charge in [0.05, 0.1) is 17.7 Å². The second kappa shape index (κ2) is 4.47. The highest BCUT2D eigenvalue weighted by atomic mass is 35.5. The van der Waals surface area contributed by atoms with E-state index < -0.39 is 11.2 Å². The molecule has 2 N–H and O–H groups in total. The maximum Gasteiger partial charge on any atom is 0.325 e. The molecule has 1 aromatic carbocycles. The van der Waals surface area contributed by atoms with Gasteiger partial charge in [-0.2, -0.15) is 0 Å². The first-order chi connectivity index (χ1) is 8.11. The van der Waals surface area contributed by atoms with Crippen LogP contribution in [0.15, 0.2) is 34.0 Å². The fraction of sp³-hybridized carbons (Fsp3) is 0.0909. The quantitative estimate of drug-likeness (QED) is 0.848. The van der Waals surface area contributed by atoms with Gasteiger partial charge < -0.3 is 9.72 Å². The normalized spacial score (nSPS) is 10.2. The molecule has 2 aromatic rings. The van der Waals surface area contributed by atoms with Crippen molar-refractivity contribution >= 4 is 11.6 Å². The fourth-order valence-electron chi connectivity index (χ4n) is 1.46. The van der Waals surface area contributed by atoms with Crippen molar-refractivity contribution in [3.8, 4) is 16.9 Å². The number of aromatic nitrogens is 2. The van der Waals surface area contributed by atoms with Crippen LogP contribution in [0.25, 0.3) is 11.1 Å². The molecule has 0 aliphatic carbocycles. The van der Waals surface area contributed by atoms with Crippen molar-refractivity contribution in [3.63, 3.8) is 0 Å². The van der Waals surface area contributed by atoms with Crippen LogP contribution in [-0.2, 0) is 0 Å². The lowest BCUT2D eigenvalue weighted by Crippen LogP contribution is -2.22. The first kappa shape index (κ1) is 11.5. The van der Waals surface area contributed by atoms with Crippen molar-refractivity contribution in [3.05, 3.63) is 50.3 Å². The minimum absolute atomic E-state index is 0.342. The smallest absolute Gasteiger partial charge is 0.325 e. The zero-order chi connectivity index (χ0) is 12.4. The molecule has 88 valence electrons. The van der Waals surface area contributed by atoms with Gasteiger partial charge in [0.2, 0.25) is 0 Å². The topological polar surface area (TPSA) is 75.0 Å². The molecule has 2 rings (SSSR count). The number of methoxy groups -OCH3 is 1. The molecule has 0 aliphatic heterocycles. The summed E-state index contributed by atoms with van der Waals surface area (Å²) in [6.07, 6.45) is 1.35. The molecule has 0 fully saturated rings. The first-order valence-corrected chi connectivity index (χ1v) is 5.15. The molecule has 1 heterocycles. The van der Waals surface area contributed by atoms with E-state index in [9.17, 15) is 9.59 Å². The summed E-state index contributed by atoms with van der Waals surface area (Å²) in [5.74, 6) is 0.524. The van der Waals surface area contributed by atoms with Crippen LogP contribution in [0.2, 0.25) is 5.02 Å². The van der Waals surface area contributed by atoms with Gasteiger partial charge in [0.25, 0.3) is 5.56 Å². The van der Waals surface area contributed by atoms with Crippen molar-refractivity contribution in [2.24, 2.45) is 0 Å². The standard InChI is InChI=1S/C11H9ClN2O3/c1-17-9-3-2-6(4-8(9)12)7-5-13-11(16)14-10(7)15/h2-5H,1H3,(H2,13,14,15,16). The Bertz CT molecular complexity index is 660. The third-order valence-electron chi connectivity index (χ3n) is 2.28. The molecule has 0 atom stereocenters. The summed E-state index contributed by atoms with van der Waals surface area (Å²) in [7, 11) is 1.51. The Labute approximate surface area is 101 Å². The highest BCUT2D eigenvalue weighted by Gasteiger charge is 2.07. The number of nitrogens with one attached hydrogen (secondary N) is 2. The van der Waals surface area contributed by atoms with Crippen molar-refractivity contribution in [2.75, 3.05) is 7.11 Å². The zero-order valence-electron chi connectivity index (χ0n) is 8.91. The van der Waals surface area contributed by atoms with Crippen molar-refractivity contribution < 1.29 is 4.74 Å². The van der Waals surface area contributed by atoms with Gasteiger partial charge in [-0.05, 0) is 17.7 Å². The molecule has 0 spiro atoms.